The topological polar surface area (TPSA) is 72.2 Å². The lowest BCUT2D eigenvalue weighted by molar-refractivity contribution is 0.581. The fraction of sp³-hybridized carbons (Fsp3) is 0.333. The predicted octanol–water partition coefficient (Wildman–Crippen LogP) is 2.43. The molecule has 0 saturated heterocycles. The third kappa shape index (κ3) is 4.38. The van der Waals surface area contributed by atoms with Gasteiger partial charge in [0.15, 0.2) is 0 Å². The lowest BCUT2D eigenvalue weighted by Gasteiger charge is -2.05. The van der Waals surface area contributed by atoms with Crippen molar-refractivity contribution < 1.29 is 8.42 Å². The molecule has 0 aliphatic rings. The molecule has 0 aliphatic carbocycles. The van der Waals surface area contributed by atoms with E-state index in [9.17, 15) is 8.42 Å². The SMILES string of the molecule is Cc1cc(S(=O)(=O)NCCCc2ccccc2)sc1CN. The van der Waals surface area contributed by atoms with E-state index in [0.717, 1.165) is 23.3 Å². The van der Waals surface area contributed by atoms with Gasteiger partial charge in [-0.05, 0) is 37.0 Å². The van der Waals surface area contributed by atoms with Gasteiger partial charge in [0.2, 0.25) is 10.0 Å². The van der Waals surface area contributed by atoms with Crippen LogP contribution in [0.4, 0.5) is 0 Å². The zero-order chi connectivity index (χ0) is 15.3. The van der Waals surface area contributed by atoms with Crippen LogP contribution in [0, 0.1) is 6.92 Å². The molecular formula is C15H20N2O2S2. The highest BCUT2D eigenvalue weighted by atomic mass is 32.2. The van der Waals surface area contributed by atoms with Gasteiger partial charge in [-0.25, -0.2) is 13.1 Å². The summed E-state index contributed by atoms with van der Waals surface area (Å²) in [6.07, 6.45) is 1.64. The van der Waals surface area contributed by atoms with E-state index >= 15 is 0 Å². The third-order valence-corrected chi connectivity index (χ3v) is 6.42. The minimum atomic E-state index is -3.41. The van der Waals surface area contributed by atoms with Crippen LogP contribution in [0.3, 0.4) is 0 Å². The zero-order valence-electron chi connectivity index (χ0n) is 12.0. The summed E-state index contributed by atoms with van der Waals surface area (Å²) < 4.78 is 27.4. The van der Waals surface area contributed by atoms with Crippen molar-refractivity contribution in [1.82, 2.24) is 4.72 Å². The van der Waals surface area contributed by atoms with E-state index in [4.69, 9.17) is 5.73 Å². The molecule has 0 radical (unpaired) electrons. The first-order chi connectivity index (χ1) is 10.0. The van der Waals surface area contributed by atoms with Gasteiger partial charge in [0.05, 0.1) is 0 Å². The van der Waals surface area contributed by atoms with Gasteiger partial charge in [0.1, 0.15) is 4.21 Å². The zero-order valence-corrected chi connectivity index (χ0v) is 13.6. The molecule has 2 aromatic rings. The molecule has 2 rings (SSSR count). The smallest absolute Gasteiger partial charge is 0.250 e. The van der Waals surface area contributed by atoms with Gasteiger partial charge in [-0.2, -0.15) is 0 Å². The molecule has 1 aromatic heterocycles. The van der Waals surface area contributed by atoms with Crippen LogP contribution in [0.2, 0.25) is 0 Å². The van der Waals surface area contributed by atoms with Crippen LogP contribution in [0.5, 0.6) is 0 Å². The molecule has 6 heteroatoms. The van der Waals surface area contributed by atoms with Crippen molar-refractivity contribution in [2.45, 2.75) is 30.5 Å². The monoisotopic (exact) mass is 324 g/mol. The maximum Gasteiger partial charge on any atom is 0.250 e. The molecule has 0 amide bonds. The van der Waals surface area contributed by atoms with Crippen LogP contribution in [0.1, 0.15) is 22.4 Å². The summed E-state index contributed by atoms with van der Waals surface area (Å²) in [5.74, 6) is 0. The second-order valence-corrected chi connectivity index (χ2v) is 7.99. The summed E-state index contributed by atoms with van der Waals surface area (Å²) in [4.78, 5) is 0.916. The first-order valence-electron chi connectivity index (χ1n) is 6.86. The Balaban J connectivity index is 1.89. The van der Waals surface area contributed by atoms with Crippen molar-refractivity contribution in [1.29, 1.82) is 0 Å². The highest BCUT2D eigenvalue weighted by molar-refractivity contribution is 7.91. The van der Waals surface area contributed by atoms with Crippen molar-refractivity contribution >= 4 is 21.4 Å². The molecule has 0 fully saturated rings. The van der Waals surface area contributed by atoms with Crippen LogP contribution in [0.25, 0.3) is 0 Å². The quantitative estimate of drug-likeness (QED) is 0.768. The normalized spacial score (nSPS) is 11.7. The first kappa shape index (κ1) is 16.2. The number of aryl methyl sites for hydroxylation is 2. The molecule has 0 aliphatic heterocycles. The number of nitrogens with one attached hydrogen (secondary N) is 1. The summed E-state index contributed by atoms with van der Waals surface area (Å²) >= 11 is 1.25. The van der Waals surface area contributed by atoms with Crippen molar-refractivity contribution in [3.8, 4) is 0 Å². The second kappa shape index (κ2) is 7.17. The van der Waals surface area contributed by atoms with E-state index in [-0.39, 0.29) is 0 Å². The maximum absolute atomic E-state index is 12.2. The predicted molar refractivity (Wildman–Crippen MR) is 86.9 cm³/mol. The Morgan fingerprint density at radius 2 is 1.95 bits per heavy atom. The van der Waals surface area contributed by atoms with Crippen molar-refractivity contribution in [2.24, 2.45) is 5.73 Å². The second-order valence-electron chi connectivity index (χ2n) is 4.86. The van der Waals surface area contributed by atoms with E-state index in [2.05, 4.69) is 4.72 Å². The Labute approximate surface area is 130 Å². The molecule has 0 spiro atoms. The van der Waals surface area contributed by atoms with Crippen molar-refractivity contribution in [2.75, 3.05) is 6.54 Å². The Kier molecular flexibility index (Phi) is 5.52. The van der Waals surface area contributed by atoms with Crippen molar-refractivity contribution in [3.05, 3.63) is 52.4 Å². The van der Waals surface area contributed by atoms with E-state index in [1.54, 1.807) is 6.07 Å². The minimum absolute atomic E-state index is 0.347. The Morgan fingerprint density at radius 1 is 1.24 bits per heavy atom. The molecule has 0 unspecified atom stereocenters. The number of hydrogen-bond acceptors (Lipinski definition) is 4. The molecule has 4 nitrogen and oxygen atoms in total. The summed E-state index contributed by atoms with van der Waals surface area (Å²) in [5.41, 5.74) is 7.74. The number of nitrogens with two attached hydrogens (primary N) is 1. The van der Waals surface area contributed by atoms with Gasteiger partial charge in [-0.15, -0.1) is 11.3 Å². The van der Waals surface area contributed by atoms with Crippen LogP contribution in [0.15, 0.2) is 40.6 Å². The molecule has 3 N–H and O–H groups in total. The summed E-state index contributed by atoms with van der Waals surface area (Å²) in [7, 11) is -3.41. The molecule has 0 saturated carbocycles. The summed E-state index contributed by atoms with van der Waals surface area (Å²) in [6, 6.07) is 11.7. The average Bonchev–Trinajstić information content (AvgIpc) is 2.87. The standard InChI is InChI=1S/C15H20N2O2S2/c1-12-10-15(20-14(12)11-16)21(18,19)17-9-5-8-13-6-3-2-4-7-13/h2-4,6-7,10,17H,5,8-9,11,16H2,1H3. The van der Waals surface area contributed by atoms with E-state index < -0.39 is 10.0 Å². The maximum atomic E-state index is 12.2. The van der Waals surface area contributed by atoms with E-state index in [1.807, 2.05) is 37.3 Å². The summed E-state index contributed by atoms with van der Waals surface area (Å²) in [6.45, 7) is 2.69. The fourth-order valence-corrected chi connectivity index (χ4v) is 4.63. The number of thiophene rings is 1. The highest BCUT2D eigenvalue weighted by Crippen LogP contribution is 2.25. The minimum Gasteiger partial charge on any atom is -0.326 e. The van der Waals surface area contributed by atoms with Gasteiger partial charge < -0.3 is 5.73 Å². The highest BCUT2D eigenvalue weighted by Gasteiger charge is 2.17. The van der Waals surface area contributed by atoms with Crippen LogP contribution < -0.4 is 10.5 Å². The lowest BCUT2D eigenvalue weighted by Crippen LogP contribution is -2.24. The van der Waals surface area contributed by atoms with Gasteiger partial charge in [0, 0.05) is 18.0 Å². The molecule has 0 atom stereocenters. The van der Waals surface area contributed by atoms with Gasteiger partial charge in [-0.1, -0.05) is 30.3 Å². The summed E-state index contributed by atoms with van der Waals surface area (Å²) in [5, 5.41) is 0. The molecular weight excluding hydrogens is 304 g/mol. The molecule has 1 heterocycles. The lowest BCUT2D eigenvalue weighted by atomic mass is 10.1. The van der Waals surface area contributed by atoms with Crippen molar-refractivity contribution in [3.63, 3.8) is 0 Å². The molecule has 21 heavy (non-hydrogen) atoms. The fourth-order valence-electron chi connectivity index (χ4n) is 2.04. The van der Waals surface area contributed by atoms with Crippen LogP contribution >= 0.6 is 11.3 Å². The molecule has 0 bridgehead atoms. The Hall–Kier alpha value is -1.21. The van der Waals surface area contributed by atoms with Gasteiger partial charge >= 0.3 is 0 Å². The van der Waals surface area contributed by atoms with Crippen LogP contribution in [-0.2, 0) is 23.0 Å². The number of hydrogen-bond donors (Lipinski definition) is 2. The molecule has 114 valence electrons. The largest absolute Gasteiger partial charge is 0.326 e. The average molecular weight is 324 g/mol. The van der Waals surface area contributed by atoms with Gasteiger partial charge in [0.25, 0.3) is 0 Å². The molecule has 1 aromatic carbocycles. The Bertz CT molecular complexity index is 679. The number of rotatable bonds is 7. The number of benzene rings is 1. The third-order valence-electron chi connectivity index (χ3n) is 3.23. The van der Waals surface area contributed by atoms with E-state index in [0.29, 0.717) is 17.3 Å². The van der Waals surface area contributed by atoms with Gasteiger partial charge in [-0.3, -0.25) is 0 Å². The first-order valence-corrected chi connectivity index (χ1v) is 9.16. The number of sulfonamides is 1. The van der Waals surface area contributed by atoms with Crippen LogP contribution in [-0.4, -0.2) is 15.0 Å². The van der Waals surface area contributed by atoms with E-state index in [1.165, 1.54) is 16.9 Å². The Morgan fingerprint density at radius 3 is 2.57 bits per heavy atom.